The second-order valence-corrected chi connectivity index (χ2v) is 5.86. The Bertz CT molecular complexity index is 474. The predicted octanol–water partition coefficient (Wildman–Crippen LogP) is 3.09. The average Bonchev–Trinajstić information content (AvgIpc) is 2.75. The van der Waals surface area contributed by atoms with Crippen LogP contribution in [-0.2, 0) is 13.0 Å². The van der Waals surface area contributed by atoms with Crippen molar-refractivity contribution in [3.63, 3.8) is 0 Å². The highest BCUT2D eigenvalue weighted by Crippen LogP contribution is 2.15. The van der Waals surface area contributed by atoms with Gasteiger partial charge in [0.2, 0.25) is 0 Å². The molecule has 0 aliphatic carbocycles. The van der Waals surface area contributed by atoms with Crippen molar-refractivity contribution >= 4 is 0 Å². The summed E-state index contributed by atoms with van der Waals surface area (Å²) in [6.07, 6.45) is 2.36. The summed E-state index contributed by atoms with van der Waals surface area (Å²) in [4.78, 5) is 2.64. The molecule has 0 aromatic heterocycles. The zero-order valence-corrected chi connectivity index (χ0v) is 12.5. The van der Waals surface area contributed by atoms with Gasteiger partial charge in [-0.1, -0.05) is 60.7 Å². The molecular formula is C19H24N2. The van der Waals surface area contributed by atoms with Gasteiger partial charge in [0.1, 0.15) is 0 Å². The van der Waals surface area contributed by atoms with E-state index in [-0.39, 0.29) is 0 Å². The van der Waals surface area contributed by atoms with Gasteiger partial charge in [0.25, 0.3) is 0 Å². The minimum absolute atomic E-state index is 0.579. The normalized spacial score (nSPS) is 20.1. The van der Waals surface area contributed by atoms with E-state index in [1.165, 1.54) is 24.1 Å². The van der Waals surface area contributed by atoms with Crippen LogP contribution < -0.4 is 5.32 Å². The highest BCUT2D eigenvalue weighted by Gasteiger charge is 2.21. The number of hydrogen-bond donors (Lipinski definition) is 1. The molecule has 1 aliphatic rings. The lowest BCUT2D eigenvalue weighted by molar-refractivity contribution is 0.199. The van der Waals surface area contributed by atoms with Gasteiger partial charge in [-0.05, 0) is 30.5 Å². The molecule has 0 unspecified atom stereocenters. The van der Waals surface area contributed by atoms with E-state index in [1.807, 2.05) is 0 Å². The summed E-state index contributed by atoms with van der Waals surface area (Å²) < 4.78 is 0. The maximum atomic E-state index is 3.59. The summed E-state index contributed by atoms with van der Waals surface area (Å²) in [5.74, 6) is 0. The molecule has 1 atom stereocenters. The topological polar surface area (TPSA) is 15.3 Å². The number of nitrogens with one attached hydrogen (secondary N) is 1. The van der Waals surface area contributed by atoms with Gasteiger partial charge in [-0.3, -0.25) is 4.90 Å². The minimum atomic E-state index is 0.579. The van der Waals surface area contributed by atoms with E-state index in [1.54, 1.807) is 0 Å². The van der Waals surface area contributed by atoms with Crippen LogP contribution in [0.3, 0.4) is 0 Å². The first-order chi connectivity index (χ1) is 10.4. The lowest BCUT2D eigenvalue weighted by Gasteiger charge is -2.30. The Balaban J connectivity index is 1.71. The second kappa shape index (κ2) is 7.39. The summed E-state index contributed by atoms with van der Waals surface area (Å²) in [5.41, 5.74) is 2.85. The van der Waals surface area contributed by atoms with Crippen molar-refractivity contribution in [1.82, 2.24) is 10.2 Å². The third-order valence-electron chi connectivity index (χ3n) is 4.24. The van der Waals surface area contributed by atoms with E-state index >= 15 is 0 Å². The van der Waals surface area contributed by atoms with E-state index in [4.69, 9.17) is 0 Å². The molecule has 21 heavy (non-hydrogen) atoms. The Hall–Kier alpha value is -1.64. The van der Waals surface area contributed by atoms with Crippen LogP contribution in [0.15, 0.2) is 60.7 Å². The van der Waals surface area contributed by atoms with Crippen molar-refractivity contribution in [3.8, 4) is 0 Å². The van der Waals surface area contributed by atoms with Crippen LogP contribution in [0.5, 0.6) is 0 Å². The summed E-state index contributed by atoms with van der Waals surface area (Å²) in [7, 11) is 0. The van der Waals surface area contributed by atoms with Crippen LogP contribution in [0.25, 0.3) is 0 Å². The standard InChI is InChI=1S/C19H24N2/c1-3-8-17(9-4-1)14-19-15-20-12-7-13-21(19)16-18-10-5-2-6-11-18/h1-6,8-11,19-20H,7,12-16H2/t19-/m0/s1. The highest BCUT2D eigenvalue weighted by atomic mass is 15.2. The van der Waals surface area contributed by atoms with E-state index < -0.39 is 0 Å². The zero-order chi connectivity index (χ0) is 14.3. The fourth-order valence-electron chi connectivity index (χ4n) is 3.10. The van der Waals surface area contributed by atoms with Gasteiger partial charge in [0.15, 0.2) is 0 Å². The molecule has 110 valence electrons. The minimum Gasteiger partial charge on any atom is -0.315 e. The summed E-state index contributed by atoms with van der Waals surface area (Å²) in [6, 6.07) is 22.3. The van der Waals surface area contributed by atoms with Gasteiger partial charge in [-0.25, -0.2) is 0 Å². The Labute approximate surface area is 127 Å². The van der Waals surface area contributed by atoms with Crippen LogP contribution >= 0.6 is 0 Å². The van der Waals surface area contributed by atoms with Crippen molar-refractivity contribution in [2.24, 2.45) is 0 Å². The maximum absolute atomic E-state index is 3.59. The smallest absolute Gasteiger partial charge is 0.0264 e. The quantitative estimate of drug-likeness (QED) is 0.926. The third-order valence-corrected chi connectivity index (χ3v) is 4.24. The van der Waals surface area contributed by atoms with Crippen LogP contribution in [-0.4, -0.2) is 30.6 Å². The van der Waals surface area contributed by atoms with Crippen molar-refractivity contribution < 1.29 is 0 Å². The molecule has 1 N–H and O–H groups in total. The number of rotatable bonds is 4. The number of hydrogen-bond acceptors (Lipinski definition) is 2. The van der Waals surface area contributed by atoms with E-state index in [9.17, 15) is 0 Å². The third kappa shape index (κ3) is 4.16. The monoisotopic (exact) mass is 280 g/mol. The van der Waals surface area contributed by atoms with Crippen LogP contribution in [0.2, 0.25) is 0 Å². The molecule has 1 fully saturated rings. The second-order valence-electron chi connectivity index (χ2n) is 5.86. The lowest BCUT2D eigenvalue weighted by Crippen LogP contribution is -2.40. The van der Waals surface area contributed by atoms with Crippen LogP contribution in [0, 0.1) is 0 Å². The molecular weight excluding hydrogens is 256 g/mol. The summed E-state index contributed by atoms with van der Waals surface area (Å²) in [6.45, 7) is 4.46. The molecule has 3 rings (SSSR count). The molecule has 1 heterocycles. The molecule has 0 amide bonds. The van der Waals surface area contributed by atoms with Gasteiger partial charge < -0.3 is 5.32 Å². The van der Waals surface area contributed by atoms with Crippen LogP contribution in [0.1, 0.15) is 17.5 Å². The van der Waals surface area contributed by atoms with Gasteiger partial charge in [0.05, 0.1) is 0 Å². The fraction of sp³-hybridized carbons (Fsp3) is 0.368. The molecule has 0 radical (unpaired) electrons. The Morgan fingerprint density at radius 3 is 2.29 bits per heavy atom. The lowest BCUT2D eigenvalue weighted by atomic mass is 10.0. The largest absolute Gasteiger partial charge is 0.315 e. The average molecular weight is 280 g/mol. The molecule has 0 bridgehead atoms. The van der Waals surface area contributed by atoms with Gasteiger partial charge in [0, 0.05) is 25.7 Å². The van der Waals surface area contributed by atoms with Gasteiger partial charge in [-0.2, -0.15) is 0 Å². The molecule has 2 aromatic carbocycles. The first kappa shape index (κ1) is 14.3. The van der Waals surface area contributed by atoms with Gasteiger partial charge >= 0.3 is 0 Å². The molecule has 0 spiro atoms. The van der Waals surface area contributed by atoms with Gasteiger partial charge in [-0.15, -0.1) is 0 Å². The van der Waals surface area contributed by atoms with Crippen molar-refractivity contribution in [3.05, 3.63) is 71.8 Å². The van der Waals surface area contributed by atoms with E-state index in [2.05, 4.69) is 70.9 Å². The summed E-state index contributed by atoms with van der Waals surface area (Å²) >= 11 is 0. The first-order valence-electron chi connectivity index (χ1n) is 7.94. The van der Waals surface area contributed by atoms with E-state index in [0.717, 1.165) is 26.1 Å². The van der Waals surface area contributed by atoms with E-state index in [0.29, 0.717) is 6.04 Å². The molecule has 2 heteroatoms. The Morgan fingerprint density at radius 1 is 0.905 bits per heavy atom. The fourth-order valence-corrected chi connectivity index (χ4v) is 3.10. The van der Waals surface area contributed by atoms with Crippen molar-refractivity contribution in [2.45, 2.75) is 25.4 Å². The molecule has 1 saturated heterocycles. The SMILES string of the molecule is c1ccc(C[C@H]2CNCCCN2Cc2ccccc2)cc1. The van der Waals surface area contributed by atoms with Crippen molar-refractivity contribution in [1.29, 1.82) is 0 Å². The molecule has 2 nitrogen and oxygen atoms in total. The first-order valence-corrected chi connectivity index (χ1v) is 7.94. The molecule has 0 saturated carbocycles. The highest BCUT2D eigenvalue weighted by molar-refractivity contribution is 5.17. The molecule has 1 aliphatic heterocycles. The Morgan fingerprint density at radius 2 is 1.57 bits per heavy atom. The maximum Gasteiger partial charge on any atom is 0.0264 e. The zero-order valence-electron chi connectivity index (χ0n) is 12.5. The summed E-state index contributed by atoms with van der Waals surface area (Å²) in [5, 5.41) is 3.59. The predicted molar refractivity (Wildman–Crippen MR) is 88.3 cm³/mol. The Kier molecular flexibility index (Phi) is 5.03. The van der Waals surface area contributed by atoms with Crippen molar-refractivity contribution in [2.75, 3.05) is 19.6 Å². The number of nitrogens with zero attached hydrogens (tertiary/aromatic N) is 1. The van der Waals surface area contributed by atoms with Crippen LogP contribution in [0.4, 0.5) is 0 Å². The number of benzene rings is 2. The molecule has 2 aromatic rings.